The Morgan fingerprint density at radius 3 is 2.52 bits per heavy atom. The van der Waals surface area contributed by atoms with Crippen LogP contribution in [0, 0.1) is 18.3 Å². The number of nitriles is 1. The van der Waals surface area contributed by atoms with Crippen molar-refractivity contribution in [1.29, 1.82) is 5.26 Å². The van der Waals surface area contributed by atoms with Crippen LogP contribution in [0.5, 0.6) is 5.75 Å². The molecule has 2 aromatic carbocycles. The van der Waals surface area contributed by atoms with Gasteiger partial charge in [-0.2, -0.15) is 5.26 Å². The highest BCUT2D eigenvalue weighted by Gasteiger charge is 2.18. The number of phenolic OH excluding ortho intramolecular Hbond substituents is 1. The lowest BCUT2D eigenvalue weighted by atomic mass is 10.2. The van der Waals surface area contributed by atoms with E-state index in [0.717, 1.165) is 0 Å². The first-order valence-electron chi connectivity index (χ1n) is 5.85. The number of phenols is 1. The molecular weight excluding hydrogens is 312 g/mol. The maximum atomic E-state index is 12.3. The second-order valence-electron chi connectivity index (χ2n) is 4.36. The Kier molecular flexibility index (Phi) is 4.07. The van der Waals surface area contributed by atoms with Crippen molar-refractivity contribution in [2.75, 3.05) is 4.72 Å². The van der Waals surface area contributed by atoms with Crippen molar-refractivity contribution >= 4 is 27.3 Å². The number of aryl methyl sites for hydroxylation is 1. The van der Waals surface area contributed by atoms with Crippen LogP contribution in [-0.2, 0) is 10.0 Å². The quantitative estimate of drug-likeness (QED) is 0.850. The minimum Gasteiger partial charge on any atom is -0.506 e. The molecule has 0 spiro atoms. The van der Waals surface area contributed by atoms with Crippen LogP contribution >= 0.6 is 11.6 Å². The first-order valence-corrected chi connectivity index (χ1v) is 7.71. The number of rotatable bonds is 3. The summed E-state index contributed by atoms with van der Waals surface area (Å²) in [6.45, 7) is 1.59. The molecular formula is C14H11ClN2O3S. The van der Waals surface area contributed by atoms with Crippen LogP contribution in [0.1, 0.15) is 11.1 Å². The lowest BCUT2D eigenvalue weighted by Crippen LogP contribution is -2.14. The van der Waals surface area contributed by atoms with Crippen molar-refractivity contribution in [2.45, 2.75) is 11.8 Å². The van der Waals surface area contributed by atoms with Gasteiger partial charge in [0, 0.05) is 11.1 Å². The third-order valence-corrected chi connectivity index (χ3v) is 4.56. The first kappa shape index (κ1) is 15.2. The third kappa shape index (κ3) is 3.27. The molecule has 2 rings (SSSR count). The third-order valence-electron chi connectivity index (χ3n) is 2.80. The van der Waals surface area contributed by atoms with E-state index in [1.54, 1.807) is 6.92 Å². The molecule has 0 unspecified atom stereocenters. The SMILES string of the molecule is Cc1cc(C#N)ccc1S(=O)(=O)Nc1ccc(Cl)cc1O. The van der Waals surface area contributed by atoms with E-state index in [0.29, 0.717) is 16.1 Å². The van der Waals surface area contributed by atoms with Gasteiger partial charge < -0.3 is 5.11 Å². The van der Waals surface area contributed by atoms with Gasteiger partial charge in [0.15, 0.2) is 0 Å². The van der Waals surface area contributed by atoms with Crippen LogP contribution in [0.15, 0.2) is 41.3 Å². The van der Waals surface area contributed by atoms with Gasteiger partial charge in [-0.25, -0.2) is 8.42 Å². The van der Waals surface area contributed by atoms with Crippen molar-refractivity contribution in [1.82, 2.24) is 0 Å². The summed E-state index contributed by atoms with van der Waals surface area (Å²) in [6, 6.07) is 10.3. The molecule has 0 saturated heterocycles. The fourth-order valence-electron chi connectivity index (χ4n) is 1.81. The molecule has 2 N–H and O–H groups in total. The number of sulfonamides is 1. The molecule has 0 aliphatic heterocycles. The standard InChI is InChI=1S/C14H11ClN2O3S/c1-9-6-10(8-16)2-5-14(9)21(19,20)17-12-4-3-11(15)7-13(12)18/h2-7,17-18H,1H3. The number of hydrogen-bond donors (Lipinski definition) is 2. The Morgan fingerprint density at radius 2 is 1.95 bits per heavy atom. The van der Waals surface area contributed by atoms with Gasteiger partial charge in [-0.3, -0.25) is 4.72 Å². The molecule has 0 aliphatic carbocycles. The number of hydrogen-bond acceptors (Lipinski definition) is 4. The maximum Gasteiger partial charge on any atom is 0.262 e. The molecule has 0 saturated carbocycles. The molecule has 0 aliphatic rings. The fraction of sp³-hybridized carbons (Fsp3) is 0.0714. The Bertz CT molecular complexity index is 842. The van der Waals surface area contributed by atoms with E-state index in [1.807, 2.05) is 6.07 Å². The van der Waals surface area contributed by atoms with Crippen LogP contribution in [-0.4, -0.2) is 13.5 Å². The normalized spacial score (nSPS) is 10.9. The molecule has 0 bridgehead atoms. The zero-order valence-electron chi connectivity index (χ0n) is 11.0. The number of aromatic hydroxyl groups is 1. The van der Waals surface area contributed by atoms with E-state index in [2.05, 4.69) is 4.72 Å². The molecule has 0 amide bonds. The highest BCUT2D eigenvalue weighted by Crippen LogP contribution is 2.29. The van der Waals surface area contributed by atoms with Gasteiger partial charge in [0.1, 0.15) is 5.75 Å². The van der Waals surface area contributed by atoms with Gasteiger partial charge in [0.05, 0.1) is 22.2 Å². The Hall–Kier alpha value is -2.23. The maximum absolute atomic E-state index is 12.3. The van der Waals surface area contributed by atoms with Gasteiger partial charge in [0.25, 0.3) is 10.0 Å². The Morgan fingerprint density at radius 1 is 1.24 bits per heavy atom. The van der Waals surface area contributed by atoms with E-state index >= 15 is 0 Å². The lowest BCUT2D eigenvalue weighted by molar-refractivity contribution is 0.477. The van der Waals surface area contributed by atoms with E-state index in [9.17, 15) is 13.5 Å². The monoisotopic (exact) mass is 322 g/mol. The minimum absolute atomic E-state index is 0.0307. The van der Waals surface area contributed by atoms with Crippen molar-refractivity contribution in [3.63, 3.8) is 0 Å². The van der Waals surface area contributed by atoms with Crippen LogP contribution in [0.4, 0.5) is 5.69 Å². The molecule has 108 valence electrons. The van der Waals surface area contributed by atoms with Gasteiger partial charge >= 0.3 is 0 Å². The second kappa shape index (κ2) is 5.64. The molecule has 0 aromatic heterocycles. The summed E-state index contributed by atoms with van der Waals surface area (Å²) in [6.07, 6.45) is 0. The Labute approximate surface area is 127 Å². The lowest BCUT2D eigenvalue weighted by Gasteiger charge is -2.11. The minimum atomic E-state index is -3.87. The average Bonchev–Trinajstić information content (AvgIpc) is 2.41. The van der Waals surface area contributed by atoms with E-state index in [1.165, 1.54) is 36.4 Å². The molecule has 0 atom stereocenters. The number of nitrogens with one attached hydrogen (secondary N) is 1. The Balaban J connectivity index is 2.41. The summed E-state index contributed by atoms with van der Waals surface area (Å²) >= 11 is 5.70. The van der Waals surface area contributed by atoms with Crippen molar-refractivity contribution in [2.24, 2.45) is 0 Å². The summed E-state index contributed by atoms with van der Waals surface area (Å²) in [5.74, 6) is -0.266. The summed E-state index contributed by atoms with van der Waals surface area (Å²) in [5.41, 5.74) is 0.846. The van der Waals surface area contributed by atoms with Gasteiger partial charge in [-0.1, -0.05) is 11.6 Å². The summed E-state index contributed by atoms with van der Waals surface area (Å²) in [4.78, 5) is 0.0378. The van der Waals surface area contributed by atoms with Gasteiger partial charge in [-0.05, 0) is 42.8 Å². The van der Waals surface area contributed by atoms with Crippen LogP contribution in [0.3, 0.4) is 0 Å². The average molecular weight is 323 g/mol. The summed E-state index contributed by atoms with van der Waals surface area (Å²) < 4.78 is 26.9. The van der Waals surface area contributed by atoms with Crippen molar-refractivity contribution < 1.29 is 13.5 Å². The second-order valence-corrected chi connectivity index (χ2v) is 6.45. The zero-order chi connectivity index (χ0) is 15.6. The van der Waals surface area contributed by atoms with E-state index < -0.39 is 10.0 Å². The van der Waals surface area contributed by atoms with Crippen LogP contribution < -0.4 is 4.72 Å². The largest absolute Gasteiger partial charge is 0.506 e. The van der Waals surface area contributed by atoms with E-state index in [4.69, 9.17) is 16.9 Å². The first-order chi connectivity index (χ1) is 9.83. The summed E-state index contributed by atoms with van der Waals surface area (Å²) in [5, 5.41) is 18.8. The molecule has 7 heteroatoms. The fourth-order valence-corrected chi connectivity index (χ4v) is 3.28. The van der Waals surface area contributed by atoms with Gasteiger partial charge in [-0.15, -0.1) is 0 Å². The predicted molar refractivity (Wildman–Crippen MR) is 79.8 cm³/mol. The molecule has 2 aromatic rings. The molecule has 0 heterocycles. The predicted octanol–water partition coefficient (Wildman–Crippen LogP) is 3.03. The highest BCUT2D eigenvalue weighted by molar-refractivity contribution is 7.92. The number of halogens is 1. The smallest absolute Gasteiger partial charge is 0.262 e. The van der Waals surface area contributed by atoms with Crippen molar-refractivity contribution in [3.05, 3.63) is 52.5 Å². The van der Waals surface area contributed by atoms with Crippen LogP contribution in [0.2, 0.25) is 5.02 Å². The van der Waals surface area contributed by atoms with Gasteiger partial charge in [0.2, 0.25) is 0 Å². The molecule has 5 nitrogen and oxygen atoms in total. The molecule has 0 fully saturated rings. The number of benzene rings is 2. The summed E-state index contributed by atoms with van der Waals surface area (Å²) in [7, 11) is -3.87. The van der Waals surface area contributed by atoms with Crippen LogP contribution in [0.25, 0.3) is 0 Å². The molecule has 0 radical (unpaired) electrons. The van der Waals surface area contributed by atoms with Crippen molar-refractivity contribution in [3.8, 4) is 11.8 Å². The van der Waals surface area contributed by atoms with E-state index in [-0.39, 0.29) is 16.3 Å². The zero-order valence-corrected chi connectivity index (χ0v) is 12.5. The molecule has 21 heavy (non-hydrogen) atoms. The topological polar surface area (TPSA) is 90.2 Å². The number of anilines is 1. The highest BCUT2D eigenvalue weighted by atomic mass is 35.5. The number of nitrogens with zero attached hydrogens (tertiary/aromatic N) is 1.